The number of allylic oxidation sites excluding steroid dienone is 1. The lowest BCUT2D eigenvalue weighted by Crippen LogP contribution is -2.47. The van der Waals surface area contributed by atoms with E-state index in [2.05, 4.69) is 37.1 Å². The fourth-order valence-electron chi connectivity index (χ4n) is 2.64. The van der Waals surface area contributed by atoms with Crippen LogP contribution in [0.4, 0.5) is 0 Å². The van der Waals surface area contributed by atoms with Crippen molar-refractivity contribution in [1.82, 2.24) is 0 Å². The van der Waals surface area contributed by atoms with Gasteiger partial charge in [-0.2, -0.15) is 30.5 Å². The van der Waals surface area contributed by atoms with Crippen molar-refractivity contribution in [3.63, 3.8) is 0 Å². The third-order valence-corrected chi connectivity index (χ3v) is 8.04. The summed E-state index contributed by atoms with van der Waals surface area (Å²) in [6.07, 6.45) is 8.10. The number of hydrogen-bond acceptors (Lipinski definition) is 10. The largest absolute Gasteiger partial charge is 0.511 e. The van der Waals surface area contributed by atoms with E-state index in [0.717, 1.165) is 23.5 Å². The van der Waals surface area contributed by atoms with Crippen molar-refractivity contribution in [2.75, 3.05) is 17.3 Å². The molecule has 0 aromatic carbocycles. The summed E-state index contributed by atoms with van der Waals surface area (Å²) < 4.78 is 0. The highest BCUT2D eigenvalue weighted by Crippen LogP contribution is 2.50. The minimum atomic E-state index is -1.38. The third-order valence-electron chi connectivity index (χ3n) is 4.36. The summed E-state index contributed by atoms with van der Waals surface area (Å²) in [6, 6.07) is 1.93. The van der Waals surface area contributed by atoms with Crippen molar-refractivity contribution in [1.29, 1.82) is 5.26 Å². The van der Waals surface area contributed by atoms with E-state index in [-0.39, 0.29) is 35.0 Å². The minimum absolute atomic E-state index is 0.00479. The Balaban J connectivity index is 3.27. The third kappa shape index (κ3) is 5.50. The van der Waals surface area contributed by atoms with Crippen LogP contribution in [0.1, 0.15) is 6.42 Å². The molecule has 0 saturated carbocycles. The van der Waals surface area contributed by atoms with Crippen LogP contribution in [0.25, 0.3) is 0 Å². The lowest BCUT2D eigenvalue weighted by molar-refractivity contribution is 0.0501. The summed E-state index contributed by atoms with van der Waals surface area (Å²) in [5.41, 5.74) is -2.63. The first-order chi connectivity index (χ1) is 13.2. The number of aliphatic hydroxyl groups excluding tert-OH is 5. The molecule has 0 aromatic heterocycles. The molecular weight excluding hydrogens is 438 g/mol. The SMILES string of the molecule is C#CC1(C#C)C(SC(O)C(O)CS)CC(O)=C(C#N)C1SCC(O)C(O)CS. The molecule has 0 aliphatic heterocycles. The molecule has 10 heteroatoms. The van der Waals surface area contributed by atoms with Crippen molar-refractivity contribution in [2.45, 2.75) is 40.7 Å². The van der Waals surface area contributed by atoms with Gasteiger partial charge in [0.1, 0.15) is 16.6 Å². The summed E-state index contributed by atoms with van der Waals surface area (Å²) in [7, 11) is 0. The van der Waals surface area contributed by atoms with Crippen LogP contribution in [-0.4, -0.2) is 77.0 Å². The number of hydrogen-bond donors (Lipinski definition) is 7. The minimum Gasteiger partial charge on any atom is -0.511 e. The van der Waals surface area contributed by atoms with Gasteiger partial charge in [0.15, 0.2) is 0 Å². The van der Waals surface area contributed by atoms with E-state index in [4.69, 9.17) is 12.8 Å². The standard InChI is InChI=1S/C18H23NO5S4/c1-3-18(4-2)15(28-17(24)13(22)8-26)5-11(20)10(6-19)16(18)27-9-14(23)12(21)7-25/h1-2,12-17,20-26H,5,7-9H2. The van der Waals surface area contributed by atoms with Crippen molar-refractivity contribution in [2.24, 2.45) is 5.41 Å². The van der Waals surface area contributed by atoms with Crippen LogP contribution >= 0.6 is 48.8 Å². The van der Waals surface area contributed by atoms with Crippen LogP contribution in [0, 0.1) is 41.4 Å². The molecule has 28 heavy (non-hydrogen) atoms. The molecule has 1 rings (SSSR count). The van der Waals surface area contributed by atoms with Gasteiger partial charge >= 0.3 is 0 Å². The Hall–Kier alpha value is -0.610. The zero-order valence-electron chi connectivity index (χ0n) is 14.8. The van der Waals surface area contributed by atoms with E-state index in [9.17, 15) is 30.8 Å². The number of nitrogens with zero attached hydrogens (tertiary/aromatic N) is 1. The fraction of sp³-hybridized carbons (Fsp3) is 0.611. The molecule has 0 bridgehead atoms. The maximum absolute atomic E-state index is 10.4. The van der Waals surface area contributed by atoms with Crippen LogP contribution in [0.5, 0.6) is 0 Å². The van der Waals surface area contributed by atoms with Crippen molar-refractivity contribution >= 4 is 48.8 Å². The molecule has 0 radical (unpaired) electrons. The first-order valence-electron chi connectivity index (χ1n) is 8.20. The molecule has 0 aromatic rings. The maximum Gasteiger partial charge on any atom is 0.126 e. The molecule has 0 amide bonds. The molecule has 1 aliphatic rings. The Kier molecular flexibility index (Phi) is 10.5. The second kappa shape index (κ2) is 11.5. The fourth-order valence-corrected chi connectivity index (χ4v) is 6.20. The van der Waals surface area contributed by atoms with Gasteiger partial charge < -0.3 is 25.5 Å². The average Bonchev–Trinajstić information content (AvgIpc) is 2.70. The lowest BCUT2D eigenvalue weighted by atomic mass is 9.73. The molecule has 6 atom stereocenters. The molecule has 6 unspecified atom stereocenters. The van der Waals surface area contributed by atoms with E-state index >= 15 is 0 Å². The van der Waals surface area contributed by atoms with Gasteiger partial charge in [0.25, 0.3) is 0 Å². The Labute approximate surface area is 184 Å². The van der Waals surface area contributed by atoms with Gasteiger partial charge in [-0.3, -0.25) is 0 Å². The molecule has 0 fully saturated rings. The van der Waals surface area contributed by atoms with Gasteiger partial charge in [-0.05, 0) is 0 Å². The van der Waals surface area contributed by atoms with E-state index in [1.165, 1.54) is 0 Å². The van der Waals surface area contributed by atoms with Crippen LogP contribution in [0.3, 0.4) is 0 Å². The van der Waals surface area contributed by atoms with Crippen molar-refractivity contribution in [3.8, 4) is 30.8 Å². The lowest BCUT2D eigenvalue weighted by Gasteiger charge is -2.42. The Morgan fingerprint density at radius 1 is 1.11 bits per heavy atom. The van der Waals surface area contributed by atoms with Crippen LogP contribution in [0.15, 0.2) is 11.3 Å². The monoisotopic (exact) mass is 461 g/mol. The van der Waals surface area contributed by atoms with E-state index < -0.39 is 39.7 Å². The number of rotatable bonds is 9. The second-order valence-corrected chi connectivity index (χ2v) is 9.32. The molecule has 6 nitrogen and oxygen atoms in total. The smallest absolute Gasteiger partial charge is 0.126 e. The van der Waals surface area contributed by atoms with E-state index in [1.807, 2.05) is 6.07 Å². The predicted octanol–water partition coefficient (Wildman–Crippen LogP) is 0.443. The van der Waals surface area contributed by atoms with Gasteiger partial charge in [0.2, 0.25) is 0 Å². The summed E-state index contributed by atoms with van der Waals surface area (Å²) in [5.74, 6) is 4.91. The maximum atomic E-state index is 10.4. The van der Waals surface area contributed by atoms with Gasteiger partial charge in [-0.15, -0.1) is 36.4 Å². The summed E-state index contributed by atoms with van der Waals surface area (Å²) in [6.45, 7) is 0. The molecular formula is C18H23NO5S4. The highest BCUT2D eigenvalue weighted by Gasteiger charge is 2.51. The predicted molar refractivity (Wildman–Crippen MR) is 119 cm³/mol. The topological polar surface area (TPSA) is 125 Å². The molecule has 5 N–H and O–H groups in total. The number of thiol groups is 2. The zero-order chi connectivity index (χ0) is 21.5. The highest BCUT2D eigenvalue weighted by molar-refractivity contribution is 8.01. The van der Waals surface area contributed by atoms with Gasteiger partial charge in [0, 0.05) is 28.9 Å². The average molecular weight is 462 g/mol. The van der Waals surface area contributed by atoms with Crippen molar-refractivity contribution < 1.29 is 25.5 Å². The van der Waals surface area contributed by atoms with Gasteiger partial charge in [-0.25, -0.2) is 0 Å². The normalized spacial score (nSPS) is 25.7. The Bertz CT molecular complexity index is 682. The number of terminal acetylenes is 2. The molecule has 0 saturated heterocycles. The Morgan fingerprint density at radius 2 is 1.68 bits per heavy atom. The molecule has 0 heterocycles. The number of thioether (sulfide) groups is 2. The number of nitriles is 1. The first kappa shape index (κ1) is 25.4. The summed E-state index contributed by atoms with van der Waals surface area (Å²) in [5, 5.41) is 58.1. The van der Waals surface area contributed by atoms with Crippen LogP contribution < -0.4 is 0 Å². The van der Waals surface area contributed by atoms with E-state index in [0.29, 0.717) is 0 Å². The van der Waals surface area contributed by atoms with Crippen molar-refractivity contribution in [3.05, 3.63) is 11.3 Å². The molecule has 0 spiro atoms. The summed E-state index contributed by atoms with van der Waals surface area (Å²) >= 11 is 9.82. The Morgan fingerprint density at radius 3 is 2.14 bits per heavy atom. The first-order valence-corrected chi connectivity index (χ1v) is 11.5. The van der Waals surface area contributed by atoms with Gasteiger partial charge in [0.05, 0.1) is 35.2 Å². The molecule has 1 aliphatic carbocycles. The van der Waals surface area contributed by atoms with Crippen LogP contribution in [0.2, 0.25) is 0 Å². The summed E-state index contributed by atoms with van der Waals surface area (Å²) in [4.78, 5) is 0. The van der Waals surface area contributed by atoms with Crippen LogP contribution in [-0.2, 0) is 0 Å². The number of aliphatic hydroxyl groups is 5. The van der Waals surface area contributed by atoms with E-state index in [1.54, 1.807) is 0 Å². The van der Waals surface area contributed by atoms with Gasteiger partial charge in [-0.1, -0.05) is 11.8 Å². The second-order valence-electron chi connectivity index (χ2n) is 6.13. The quantitative estimate of drug-likeness (QED) is 0.150. The highest BCUT2D eigenvalue weighted by atomic mass is 32.2. The molecule has 154 valence electrons. The zero-order valence-corrected chi connectivity index (χ0v) is 18.3.